The second-order valence-electron chi connectivity index (χ2n) is 5.32. The van der Waals surface area contributed by atoms with Gasteiger partial charge in [-0.05, 0) is 47.2 Å². The average molecular weight is 483 g/mol. The van der Waals surface area contributed by atoms with E-state index in [9.17, 15) is 14.9 Å². The van der Waals surface area contributed by atoms with Crippen LogP contribution in [0.4, 0.5) is 5.69 Å². The van der Waals surface area contributed by atoms with Crippen molar-refractivity contribution in [3.8, 4) is 11.5 Å². The Bertz CT molecular complexity index is 870. The fraction of sp³-hybridized carbons (Fsp3) is 0.222. The van der Waals surface area contributed by atoms with Gasteiger partial charge in [0.25, 0.3) is 5.69 Å². The Hall–Kier alpha value is -2.69. The van der Waals surface area contributed by atoms with Crippen LogP contribution in [0.3, 0.4) is 0 Å². The number of hydrogen-bond acceptors (Lipinski definition) is 6. The second-order valence-corrected chi connectivity index (χ2v) is 6.49. The molecule has 0 radical (unpaired) electrons. The third-order valence-electron chi connectivity index (χ3n) is 3.48. The smallest absolute Gasteiger partial charge is 0.273 e. The highest BCUT2D eigenvalue weighted by Gasteiger charge is 2.15. The molecule has 0 aromatic heterocycles. The van der Waals surface area contributed by atoms with Crippen LogP contribution in [0.2, 0.25) is 0 Å². The Labute approximate surface area is 169 Å². The van der Waals surface area contributed by atoms with Gasteiger partial charge in [-0.25, -0.2) is 5.43 Å². The fourth-order valence-corrected chi connectivity index (χ4v) is 3.20. The summed E-state index contributed by atoms with van der Waals surface area (Å²) < 4.78 is 11.7. The lowest BCUT2D eigenvalue weighted by Gasteiger charge is -2.11. The highest BCUT2D eigenvalue weighted by atomic mass is 127. The lowest BCUT2D eigenvalue weighted by atomic mass is 10.1. The highest BCUT2D eigenvalue weighted by molar-refractivity contribution is 14.1. The molecule has 1 amide bonds. The van der Waals surface area contributed by atoms with E-state index in [1.54, 1.807) is 31.4 Å². The maximum Gasteiger partial charge on any atom is 0.273 e. The lowest BCUT2D eigenvalue weighted by Crippen LogP contribution is -2.20. The summed E-state index contributed by atoms with van der Waals surface area (Å²) in [5.74, 6) is 0.767. The number of hydrogen-bond donors (Lipinski definition) is 1. The summed E-state index contributed by atoms with van der Waals surface area (Å²) >= 11 is 2.12. The molecule has 2 aromatic rings. The van der Waals surface area contributed by atoms with E-state index in [2.05, 4.69) is 33.1 Å². The van der Waals surface area contributed by atoms with Crippen LogP contribution in [-0.4, -0.2) is 30.8 Å². The maximum atomic E-state index is 12.0. The van der Waals surface area contributed by atoms with Crippen molar-refractivity contribution >= 4 is 40.4 Å². The number of hydrazone groups is 1. The van der Waals surface area contributed by atoms with E-state index in [0.717, 1.165) is 9.13 Å². The first kappa shape index (κ1) is 20.6. The van der Waals surface area contributed by atoms with Crippen molar-refractivity contribution in [3.05, 3.63) is 61.2 Å². The Kier molecular flexibility index (Phi) is 7.53. The predicted octanol–water partition coefficient (Wildman–Crippen LogP) is 3.30. The quantitative estimate of drug-likeness (QED) is 0.269. The third kappa shape index (κ3) is 5.64. The van der Waals surface area contributed by atoms with Gasteiger partial charge in [0.15, 0.2) is 11.5 Å². The van der Waals surface area contributed by atoms with Crippen LogP contribution in [0.5, 0.6) is 11.5 Å². The molecule has 0 aliphatic rings. The van der Waals surface area contributed by atoms with Crippen molar-refractivity contribution in [3.63, 3.8) is 0 Å². The summed E-state index contributed by atoms with van der Waals surface area (Å²) in [6, 6.07) is 9.69. The lowest BCUT2D eigenvalue weighted by molar-refractivity contribution is -0.385. The van der Waals surface area contributed by atoms with Crippen LogP contribution in [0.25, 0.3) is 0 Å². The second kappa shape index (κ2) is 9.86. The van der Waals surface area contributed by atoms with Gasteiger partial charge in [0.1, 0.15) is 0 Å². The summed E-state index contributed by atoms with van der Waals surface area (Å²) in [6.45, 7) is 2.36. The number of nitro groups is 1. The number of methoxy groups -OCH3 is 1. The van der Waals surface area contributed by atoms with Crippen molar-refractivity contribution in [1.82, 2.24) is 5.43 Å². The molecule has 0 aliphatic carbocycles. The zero-order valence-electron chi connectivity index (χ0n) is 14.8. The molecule has 2 aromatic carbocycles. The number of halogens is 1. The molecule has 9 heteroatoms. The number of nitrogens with zero attached hydrogens (tertiary/aromatic N) is 2. The first-order valence-electron chi connectivity index (χ1n) is 8.00. The molecular weight excluding hydrogens is 465 g/mol. The number of carbonyl (C=O) groups excluding carboxylic acids is 1. The average Bonchev–Trinajstić information content (AvgIpc) is 2.62. The molecule has 1 N–H and O–H groups in total. The molecule has 0 saturated carbocycles. The first-order valence-corrected chi connectivity index (χ1v) is 9.08. The molecule has 0 atom stereocenters. The molecule has 8 nitrogen and oxygen atoms in total. The minimum absolute atomic E-state index is 0.0947. The van der Waals surface area contributed by atoms with Crippen LogP contribution >= 0.6 is 22.6 Å². The van der Waals surface area contributed by atoms with Gasteiger partial charge in [0.2, 0.25) is 5.91 Å². The maximum absolute atomic E-state index is 12.0. The minimum atomic E-state index is -0.513. The van der Waals surface area contributed by atoms with Crippen molar-refractivity contribution < 1.29 is 19.2 Å². The number of benzene rings is 2. The number of para-hydroxylation sites is 1. The fourth-order valence-electron chi connectivity index (χ4n) is 2.35. The third-order valence-corrected chi connectivity index (χ3v) is 4.28. The van der Waals surface area contributed by atoms with Crippen LogP contribution < -0.4 is 14.9 Å². The van der Waals surface area contributed by atoms with E-state index in [1.165, 1.54) is 12.3 Å². The molecule has 0 unspecified atom stereocenters. The number of rotatable bonds is 8. The van der Waals surface area contributed by atoms with Crippen molar-refractivity contribution in [1.29, 1.82) is 0 Å². The number of amides is 1. The summed E-state index contributed by atoms with van der Waals surface area (Å²) in [5, 5.41) is 14.9. The van der Waals surface area contributed by atoms with Crippen LogP contribution in [0, 0.1) is 13.7 Å². The molecule has 0 spiro atoms. The van der Waals surface area contributed by atoms with E-state index in [0.29, 0.717) is 23.7 Å². The van der Waals surface area contributed by atoms with Crippen molar-refractivity contribution in [2.45, 2.75) is 13.3 Å². The van der Waals surface area contributed by atoms with Crippen LogP contribution in [-0.2, 0) is 11.2 Å². The minimum Gasteiger partial charge on any atom is -0.492 e. The normalized spacial score (nSPS) is 10.6. The summed E-state index contributed by atoms with van der Waals surface area (Å²) in [7, 11) is 1.57. The monoisotopic (exact) mass is 483 g/mol. The predicted molar refractivity (Wildman–Crippen MR) is 109 cm³/mol. The summed E-state index contributed by atoms with van der Waals surface area (Å²) in [6.07, 6.45) is 1.33. The zero-order valence-corrected chi connectivity index (χ0v) is 16.9. The Morgan fingerprint density at radius 3 is 2.78 bits per heavy atom. The molecule has 0 saturated heterocycles. The van der Waals surface area contributed by atoms with Gasteiger partial charge in [-0.15, -0.1) is 0 Å². The molecular formula is C18H18IN3O5. The molecule has 0 bridgehead atoms. The van der Waals surface area contributed by atoms with Crippen molar-refractivity contribution in [2.24, 2.45) is 5.10 Å². The van der Waals surface area contributed by atoms with Gasteiger partial charge in [0, 0.05) is 11.6 Å². The number of carbonyl (C=O) groups is 1. The van der Waals surface area contributed by atoms with E-state index >= 15 is 0 Å². The van der Waals surface area contributed by atoms with Gasteiger partial charge >= 0.3 is 0 Å². The SMILES string of the molecule is CCOc1cc(/C=N/NC(=O)Cc2ccccc2[N+](=O)[O-])cc(I)c1OC. The van der Waals surface area contributed by atoms with Gasteiger partial charge in [-0.1, -0.05) is 18.2 Å². The topological polar surface area (TPSA) is 103 Å². The number of nitrogens with one attached hydrogen (secondary N) is 1. The van der Waals surface area contributed by atoms with E-state index < -0.39 is 10.8 Å². The molecule has 142 valence electrons. The zero-order chi connectivity index (χ0) is 19.8. The summed E-state index contributed by atoms with van der Waals surface area (Å²) in [4.78, 5) is 22.5. The number of nitro benzene ring substituents is 1. The molecule has 0 aliphatic heterocycles. The van der Waals surface area contributed by atoms with E-state index in [1.807, 2.05) is 13.0 Å². The largest absolute Gasteiger partial charge is 0.492 e. The molecule has 0 fully saturated rings. The number of ether oxygens (including phenoxy) is 2. The highest BCUT2D eigenvalue weighted by Crippen LogP contribution is 2.33. The molecule has 0 heterocycles. The first-order chi connectivity index (χ1) is 13.0. The van der Waals surface area contributed by atoms with Gasteiger partial charge < -0.3 is 9.47 Å². The van der Waals surface area contributed by atoms with Gasteiger partial charge in [-0.2, -0.15) is 5.10 Å². The van der Waals surface area contributed by atoms with Crippen molar-refractivity contribution in [2.75, 3.05) is 13.7 Å². The van der Waals surface area contributed by atoms with E-state index in [-0.39, 0.29) is 12.1 Å². The Morgan fingerprint density at radius 1 is 1.37 bits per heavy atom. The van der Waals surface area contributed by atoms with Crippen LogP contribution in [0.1, 0.15) is 18.1 Å². The van der Waals surface area contributed by atoms with Crippen LogP contribution in [0.15, 0.2) is 41.5 Å². The summed E-state index contributed by atoms with van der Waals surface area (Å²) in [5.41, 5.74) is 3.33. The van der Waals surface area contributed by atoms with Gasteiger partial charge in [-0.3, -0.25) is 14.9 Å². The Balaban J connectivity index is 2.07. The molecule has 2 rings (SSSR count). The van der Waals surface area contributed by atoms with Gasteiger partial charge in [0.05, 0.1) is 34.8 Å². The molecule has 27 heavy (non-hydrogen) atoms. The van der Waals surface area contributed by atoms with E-state index in [4.69, 9.17) is 9.47 Å². The Morgan fingerprint density at radius 2 is 2.11 bits per heavy atom. The standard InChI is InChI=1S/C18H18IN3O5/c1-3-27-16-9-12(8-14(19)18(16)26-2)11-20-21-17(23)10-13-6-4-5-7-15(13)22(24)25/h4-9,11H,3,10H2,1-2H3,(H,21,23)/b20-11+.